The van der Waals surface area contributed by atoms with Crippen LogP contribution in [-0.2, 0) is 17.8 Å². The van der Waals surface area contributed by atoms with Gasteiger partial charge in [0.25, 0.3) is 0 Å². The van der Waals surface area contributed by atoms with Crippen LogP contribution < -0.4 is 5.32 Å². The standard InChI is InChI=1S/C16H22N2O/c1-12(2)8-9-18-11-14-7-5-4-6-13(14)10-15(18)16(19)17-3/h4-8,15H,9-11H2,1-3H3,(H,17,19). The van der Waals surface area contributed by atoms with Gasteiger partial charge in [-0.25, -0.2) is 0 Å². The van der Waals surface area contributed by atoms with E-state index < -0.39 is 0 Å². The van der Waals surface area contributed by atoms with Crippen LogP contribution in [0.15, 0.2) is 35.9 Å². The van der Waals surface area contributed by atoms with Gasteiger partial charge in [-0.15, -0.1) is 0 Å². The van der Waals surface area contributed by atoms with E-state index in [1.807, 2.05) is 6.07 Å². The number of nitrogens with zero attached hydrogens (tertiary/aromatic N) is 1. The molecule has 0 aromatic heterocycles. The Morgan fingerprint density at radius 1 is 1.37 bits per heavy atom. The molecule has 0 spiro atoms. The molecule has 3 nitrogen and oxygen atoms in total. The van der Waals surface area contributed by atoms with E-state index in [0.29, 0.717) is 0 Å². The van der Waals surface area contributed by atoms with Crippen molar-refractivity contribution in [3.8, 4) is 0 Å². The van der Waals surface area contributed by atoms with Gasteiger partial charge in [-0.2, -0.15) is 0 Å². The third-order valence-corrected chi connectivity index (χ3v) is 3.63. The van der Waals surface area contributed by atoms with Crippen LogP contribution in [0.2, 0.25) is 0 Å². The highest BCUT2D eigenvalue weighted by Crippen LogP contribution is 2.23. The molecule has 0 saturated carbocycles. The average Bonchev–Trinajstić information content (AvgIpc) is 2.43. The van der Waals surface area contributed by atoms with Gasteiger partial charge < -0.3 is 5.32 Å². The van der Waals surface area contributed by atoms with E-state index in [2.05, 4.69) is 48.3 Å². The highest BCUT2D eigenvalue weighted by atomic mass is 16.2. The van der Waals surface area contributed by atoms with Crippen LogP contribution in [-0.4, -0.2) is 30.4 Å². The molecule has 1 atom stereocenters. The highest BCUT2D eigenvalue weighted by Gasteiger charge is 2.29. The molecule has 19 heavy (non-hydrogen) atoms. The van der Waals surface area contributed by atoms with E-state index in [0.717, 1.165) is 19.5 Å². The Morgan fingerprint density at radius 3 is 2.68 bits per heavy atom. The first kappa shape index (κ1) is 13.8. The maximum atomic E-state index is 12.1. The van der Waals surface area contributed by atoms with Gasteiger partial charge in [-0.1, -0.05) is 35.9 Å². The zero-order valence-corrected chi connectivity index (χ0v) is 11.9. The lowest BCUT2D eigenvalue weighted by molar-refractivity contribution is -0.126. The molecule has 0 fully saturated rings. The molecule has 102 valence electrons. The van der Waals surface area contributed by atoms with Crippen LogP contribution in [0.3, 0.4) is 0 Å². The fourth-order valence-electron chi connectivity index (χ4n) is 2.49. The zero-order valence-electron chi connectivity index (χ0n) is 11.9. The third-order valence-electron chi connectivity index (χ3n) is 3.63. The Labute approximate surface area is 115 Å². The smallest absolute Gasteiger partial charge is 0.237 e. The van der Waals surface area contributed by atoms with Gasteiger partial charge in [0.15, 0.2) is 0 Å². The summed E-state index contributed by atoms with van der Waals surface area (Å²) in [5.74, 6) is 0.108. The molecule has 0 radical (unpaired) electrons. The van der Waals surface area contributed by atoms with Crippen molar-refractivity contribution in [2.24, 2.45) is 0 Å². The van der Waals surface area contributed by atoms with Crippen LogP contribution in [0.4, 0.5) is 0 Å². The molecule has 1 heterocycles. The number of rotatable bonds is 3. The summed E-state index contributed by atoms with van der Waals surface area (Å²) in [6.45, 7) is 5.85. The minimum absolute atomic E-state index is 0.0597. The summed E-state index contributed by atoms with van der Waals surface area (Å²) < 4.78 is 0. The van der Waals surface area contributed by atoms with Crippen LogP contribution >= 0.6 is 0 Å². The minimum Gasteiger partial charge on any atom is -0.358 e. The van der Waals surface area contributed by atoms with Crippen molar-refractivity contribution >= 4 is 5.91 Å². The topological polar surface area (TPSA) is 32.3 Å². The molecule has 0 saturated heterocycles. The molecule has 1 aliphatic heterocycles. The number of fused-ring (bicyclic) bond motifs is 1. The number of benzene rings is 1. The number of carbonyl (C=O) groups excluding carboxylic acids is 1. The van der Waals surface area contributed by atoms with E-state index in [9.17, 15) is 4.79 Å². The second kappa shape index (κ2) is 6.02. The van der Waals surface area contributed by atoms with Gasteiger partial charge in [-0.3, -0.25) is 9.69 Å². The van der Waals surface area contributed by atoms with Crippen molar-refractivity contribution in [1.82, 2.24) is 10.2 Å². The monoisotopic (exact) mass is 258 g/mol. The van der Waals surface area contributed by atoms with Gasteiger partial charge in [0.05, 0.1) is 6.04 Å². The normalized spacial score (nSPS) is 18.6. The number of amides is 1. The summed E-state index contributed by atoms with van der Waals surface area (Å²) >= 11 is 0. The fraction of sp³-hybridized carbons (Fsp3) is 0.438. The first-order chi connectivity index (χ1) is 9.11. The number of nitrogens with one attached hydrogen (secondary N) is 1. The Morgan fingerprint density at radius 2 is 2.05 bits per heavy atom. The molecule has 1 aromatic carbocycles. The lowest BCUT2D eigenvalue weighted by Crippen LogP contribution is -2.49. The summed E-state index contributed by atoms with van der Waals surface area (Å²) in [4.78, 5) is 14.3. The van der Waals surface area contributed by atoms with Crippen molar-refractivity contribution in [3.63, 3.8) is 0 Å². The van der Waals surface area contributed by atoms with Crippen LogP contribution in [0.25, 0.3) is 0 Å². The molecule has 1 N–H and O–H groups in total. The third kappa shape index (κ3) is 3.24. The second-order valence-corrected chi connectivity index (χ2v) is 5.31. The van der Waals surface area contributed by atoms with Crippen LogP contribution in [0.5, 0.6) is 0 Å². The Hall–Kier alpha value is -1.61. The SMILES string of the molecule is CNC(=O)C1Cc2ccccc2CN1CC=C(C)C. The summed E-state index contributed by atoms with van der Waals surface area (Å²) in [6.07, 6.45) is 2.98. The molecule has 3 heteroatoms. The van der Waals surface area contributed by atoms with Gasteiger partial charge in [0.1, 0.15) is 0 Å². The molecule has 0 bridgehead atoms. The van der Waals surface area contributed by atoms with Gasteiger partial charge in [0.2, 0.25) is 5.91 Å². The highest BCUT2D eigenvalue weighted by molar-refractivity contribution is 5.82. The first-order valence-electron chi connectivity index (χ1n) is 6.77. The van der Waals surface area contributed by atoms with E-state index in [4.69, 9.17) is 0 Å². The second-order valence-electron chi connectivity index (χ2n) is 5.31. The Kier molecular flexibility index (Phi) is 4.38. The molecule has 1 aliphatic rings. The molecule has 2 rings (SSSR count). The fourth-order valence-corrected chi connectivity index (χ4v) is 2.49. The molecule has 1 amide bonds. The van der Waals surface area contributed by atoms with Crippen LogP contribution in [0.1, 0.15) is 25.0 Å². The van der Waals surface area contributed by atoms with E-state index in [1.165, 1.54) is 16.7 Å². The number of allylic oxidation sites excluding steroid dienone is 1. The number of carbonyl (C=O) groups is 1. The van der Waals surface area contributed by atoms with Crippen molar-refractivity contribution in [1.29, 1.82) is 0 Å². The van der Waals surface area contributed by atoms with Gasteiger partial charge in [-0.05, 0) is 31.4 Å². The lowest BCUT2D eigenvalue weighted by atomic mass is 9.93. The number of hydrogen-bond acceptors (Lipinski definition) is 2. The quantitative estimate of drug-likeness (QED) is 0.842. The van der Waals surface area contributed by atoms with Crippen LogP contribution in [0, 0.1) is 0 Å². The molecule has 1 aromatic rings. The summed E-state index contributed by atoms with van der Waals surface area (Å²) in [5, 5.41) is 2.78. The largest absolute Gasteiger partial charge is 0.358 e. The Balaban J connectivity index is 2.24. The predicted molar refractivity (Wildman–Crippen MR) is 77.8 cm³/mol. The van der Waals surface area contributed by atoms with E-state index >= 15 is 0 Å². The maximum Gasteiger partial charge on any atom is 0.237 e. The van der Waals surface area contributed by atoms with E-state index in [-0.39, 0.29) is 11.9 Å². The lowest BCUT2D eigenvalue weighted by Gasteiger charge is -2.35. The summed E-state index contributed by atoms with van der Waals surface area (Å²) in [6, 6.07) is 8.34. The predicted octanol–water partition coefficient (Wildman–Crippen LogP) is 2.13. The Bertz CT molecular complexity index is 489. The number of likely N-dealkylation sites (N-methyl/N-ethyl adjacent to an activating group) is 1. The maximum absolute atomic E-state index is 12.1. The summed E-state index contributed by atoms with van der Waals surface area (Å²) in [7, 11) is 1.71. The molecule has 1 unspecified atom stereocenters. The van der Waals surface area contributed by atoms with Crippen molar-refractivity contribution in [2.45, 2.75) is 32.9 Å². The van der Waals surface area contributed by atoms with Gasteiger partial charge >= 0.3 is 0 Å². The zero-order chi connectivity index (χ0) is 13.8. The first-order valence-corrected chi connectivity index (χ1v) is 6.77. The van der Waals surface area contributed by atoms with E-state index in [1.54, 1.807) is 7.05 Å². The minimum atomic E-state index is -0.0597. The van der Waals surface area contributed by atoms with Gasteiger partial charge in [0, 0.05) is 20.1 Å². The molecular weight excluding hydrogens is 236 g/mol. The van der Waals surface area contributed by atoms with Crippen molar-refractivity contribution in [3.05, 3.63) is 47.0 Å². The van der Waals surface area contributed by atoms with Crippen molar-refractivity contribution in [2.75, 3.05) is 13.6 Å². The molecular formula is C16H22N2O. The average molecular weight is 258 g/mol. The summed E-state index contributed by atoms with van der Waals surface area (Å²) in [5.41, 5.74) is 3.92. The molecule has 0 aliphatic carbocycles. The van der Waals surface area contributed by atoms with Crippen molar-refractivity contribution < 1.29 is 4.79 Å². The number of hydrogen-bond donors (Lipinski definition) is 1.